The summed E-state index contributed by atoms with van der Waals surface area (Å²) in [5, 5.41) is 12.1. The van der Waals surface area contributed by atoms with Crippen LogP contribution in [0.15, 0.2) is 0 Å². The van der Waals surface area contributed by atoms with Gasteiger partial charge in [-0.1, -0.05) is 6.92 Å². The number of urea groups is 1. The molecule has 6 nitrogen and oxygen atoms in total. The van der Waals surface area contributed by atoms with E-state index in [0.717, 1.165) is 0 Å². The van der Waals surface area contributed by atoms with Crippen molar-refractivity contribution in [3.63, 3.8) is 0 Å². The molecule has 1 aliphatic rings. The number of ether oxygens (including phenoxy) is 1. The lowest BCUT2D eigenvalue weighted by atomic mass is 9.76. The summed E-state index contributed by atoms with van der Waals surface area (Å²) >= 11 is 0. The van der Waals surface area contributed by atoms with Crippen molar-refractivity contribution in [3.05, 3.63) is 0 Å². The molecule has 19 heavy (non-hydrogen) atoms. The largest absolute Gasteiger partial charge is 0.481 e. The SMILES string of the molecule is CCOCCNC(=O)N1CCC(CC)(C(=O)O)CC1. The number of likely N-dealkylation sites (tertiary alicyclic amines) is 1. The molecule has 6 heteroatoms. The summed E-state index contributed by atoms with van der Waals surface area (Å²) in [7, 11) is 0. The lowest BCUT2D eigenvalue weighted by molar-refractivity contribution is -0.151. The fourth-order valence-corrected chi connectivity index (χ4v) is 2.34. The van der Waals surface area contributed by atoms with Crippen LogP contribution in [-0.2, 0) is 9.53 Å². The number of amides is 2. The van der Waals surface area contributed by atoms with Crippen molar-refractivity contribution in [2.45, 2.75) is 33.1 Å². The Morgan fingerprint density at radius 2 is 1.95 bits per heavy atom. The number of nitrogens with one attached hydrogen (secondary N) is 1. The Balaban J connectivity index is 2.36. The predicted molar refractivity (Wildman–Crippen MR) is 71.1 cm³/mol. The minimum atomic E-state index is -0.744. The maximum absolute atomic E-state index is 11.8. The number of carbonyl (C=O) groups excluding carboxylic acids is 1. The van der Waals surface area contributed by atoms with Crippen LogP contribution in [0.25, 0.3) is 0 Å². The molecule has 0 atom stereocenters. The van der Waals surface area contributed by atoms with Gasteiger partial charge in [-0.25, -0.2) is 4.79 Å². The summed E-state index contributed by atoms with van der Waals surface area (Å²) in [5.41, 5.74) is -0.651. The highest BCUT2D eigenvalue weighted by atomic mass is 16.5. The monoisotopic (exact) mass is 272 g/mol. The molecule has 0 bridgehead atoms. The van der Waals surface area contributed by atoms with Gasteiger partial charge in [0.15, 0.2) is 0 Å². The molecule has 0 saturated carbocycles. The molecule has 0 unspecified atom stereocenters. The first-order valence-electron chi connectivity index (χ1n) is 6.89. The van der Waals surface area contributed by atoms with Gasteiger partial charge in [0.05, 0.1) is 12.0 Å². The highest BCUT2D eigenvalue weighted by molar-refractivity contribution is 5.77. The zero-order valence-electron chi connectivity index (χ0n) is 11.8. The van der Waals surface area contributed by atoms with E-state index < -0.39 is 11.4 Å². The average molecular weight is 272 g/mol. The Bertz CT molecular complexity index is 312. The summed E-state index contributed by atoms with van der Waals surface area (Å²) in [6, 6.07) is -0.130. The molecule has 0 aromatic heterocycles. The van der Waals surface area contributed by atoms with Crippen LogP contribution in [-0.4, -0.2) is 54.9 Å². The number of aliphatic carboxylic acids is 1. The van der Waals surface area contributed by atoms with Crippen molar-refractivity contribution in [3.8, 4) is 0 Å². The zero-order chi connectivity index (χ0) is 14.3. The minimum Gasteiger partial charge on any atom is -0.481 e. The Hall–Kier alpha value is -1.30. The molecule has 2 amide bonds. The molecule has 1 saturated heterocycles. The number of nitrogens with zero attached hydrogens (tertiary/aromatic N) is 1. The van der Waals surface area contributed by atoms with Gasteiger partial charge < -0.3 is 20.1 Å². The summed E-state index contributed by atoms with van der Waals surface area (Å²) < 4.78 is 5.14. The number of hydrogen-bond donors (Lipinski definition) is 2. The van der Waals surface area contributed by atoms with Crippen molar-refractivity contribution in [2.24, 2.45) is 5.41 Å². The van der Waals surface area contributed by atoms with E-state index in [-0.39, 0.29) is 6.03 Å². The summed E-state index contributed by atoms with van der Waals surface area (Å²) in [6.45, 7) is 6.43. The second-order valence-electron chi connectivity index (χ2n) is 4.85. The maximum Gasteiger partial charge on any atom is 0.317 e. The van der Waals surface area contributed by atoms with E-state index in [2.05, 4.69) is 5.32 Å². The summed E-state index contributed by atoms with van der Waals surface area (Å²) in [6.07, 6.45) is 1.66. The predicted octanol–water partition coefficient (Wildman–Crippen LogP) is 1.31. The summed E-state index contributed by atoms with van der Waals surface area (Å²) in [4.78, 5) is 24.8. The van der Waals surface area contributed by atoms with Crippen molar-refractivity contribution in [1.82, 2.24) is 10.2 Å². The lowest BCUT2D eigenvalue weighted by Crippen LogP contribution is -2.49. The molecule has 0 aromatic rings. The number of carboxylic acids is 1. The molecule has 0 radical (unpaired) electrons. The van der Waals surface area contributed by atoms with Crippen LogP contribution in [0.2, 0.25) is 0 Å². The number of carboxylic acid groups (broad SMARTS) is 1. The molecule has 1 heterocycles. The first-order chi connectivity index (χ1) is 9.05. The van der Waals surface area contributed by atoms with Gasteiger partial charge in [0, 0.05) is 26.2 Å². The van der Waals surface area contributed by atoms with Gasteiger partial charge in [-0.3, -0.25) is 4.79 Å². The highest BCUT2D eigenvalue weighted by Gasteiger charge is 2.40. The Morgan fingerprint density at radius 1 is 1.32 bits per heavy atom. The fourth-order valence-electron chi connectivity index (χ4n) is 2.34. The van der Waals surface area contributed by atoms with Crippen molar-refractivity contribution in [2.75, 3.05) is 32.8 Å². The van der Waals surface area contributed by atoms with Crippen LogP contribution in [0.4, 0.5) is 4.79 Å². The minimum absolute atomic E-state index is 0.130. The third-order valence-corrected chi connectivity index (χ3v) is 3.86. The van der Waals surface area contributed by atoms with E-state index in [1.54, 1.807) is 4.90 Å². The number of rotatable bonds is 6. The fraction of sp³-hybridized carbons (Fsp3) is 0.846. The zero-order valence-corrected chi connectivity index (χ0v) is 11.8. The standard InChI is InChI=1S/C13H24N2O4/c1-3-13(11(16)17)5-8-15(9-6-13)12(18)14-7-10-19-4-2/h3-10H2,1-2H3,(H,14,18)(H,16,17). The molecule has 0 aromatic carbocycles. The topological polar surface area (TPSA) is 78.9 Å². The molecular formula is C13H24N2O4. The van der Waals surface area contributed by atoms with Gasteiger partial charge in [-0.15, -0.1) is 0 Å². The van der Waals surface area contributed by atoms with Crippen LogP contribution >= 0.6 is 0 Å². The van der Waals surface area contributed by atoms with Gasteiger partial charge in [0.2, 0.25) is 0 Å². The molecule has 1 aliphatic heterocycles. The van der Waals surface area contributed by atoms with Gasteiger partial charge >= 0.3 is 12.0 Å². The van der Waals surface area contributed by atoms with Crippen molar-refractivity contribution >= 4 is 12.0 Å². The number of piperidine rings is 1. The smallest absolute Gasteiger partial charge is 0.317 e. The lowest BCUT2D eigenvalue weighted by Gasteiger charge is -2.38. The Morgan fingerprint density at radius 3 is 2.42 bits per heavy atom. The van der Waals surface area contributed by atoms with E-state index in [1.807, 2.05) is 13.8 Å². The molecule has 1 rings (SSSR count). The van der Waals surface area contributed by atoms with E-state index in [1.165, 1.54) is 0 Å². The van der Waals surface area contributed by atoms with Crippen LogP contribution in [0, 0.1) is 5.41 Å². The Labute approximate surface area is 114 Å². The first kappa shape index (κ1) is 15.8. The van der Waals surface area contributed by atoms with E-state index in [9.17, 15) is 14.7 Å². The van der Waals surface area contributed by atoms with Crippen molar-refractivity contribution < 1.29 is 19.4 Å². The molecule has 110 valence electrons. The van der Waals surface area contributed by atoms with Gasteiger partial charge in [0.1, 0.15) is 0 Å². The van der Waals surface area contributed by atoms with Crippen LogP contribution in [0.3, 0.4) is 0 Å². The molecule has 0 aliphatic carbocycles. The third kappa shape index (κ3) is 4.09. The molecule has 1 fully saturated rings. The Kier molecular flexibility index (Phi) is 6.08. The number of carbonyl (C=O) groups is 2. The van der Waals surface area contributed by atoms with Gasteiger partial charge in [-0.2, -0.15) is 0 Å². The number of hydrogen-bond acceptors (Lipinski definition) is 3. The van der Waals surface area contributed by atoms with Crippen LogP contribution in [0.5, 0.6) is 0 Å². The first-order valence-corrected chi connectivity index (χ1v) is 6.89. The van der Waals surface area contributed by atoms with E-state index >= 15 is 0 Å². The molecular weight excluding hydrogens is 248 g/mol. The van der Waals surface area contributed by atoms with E-state index in [4.69, 9.17) is 4.74 Å². The highest BCUT2D eigenvalue weighted by Crippen LogP contribution is 2.34. The molecule has 0 spiro atoms. The molecule has 2 N–H and O–H groups in total. The van der Waals surface area contributed by atoms with E-state index in [0.29, 0.717) is 52.1 Å². The van der Waals surface area contributed by atoms with Gasteiger partial charge in [-0.05, 0) is 26.2 Å². The summed E-state index contributed by atoms with van der Waals surface area (Å²) in [5.74, 6) is -0.744. The second-order valence-corrected chi connectivity index (χ2v) is 4.85. The quantitative estimate of drug-likeness (QED) is 0.715. The second kappa shape index (κ2) is 7.33. The van der Waals surface area contributed by atoms with Gasteiger partial charge in [0.25, 0.3) is 0 Å². The average Bonchev–Trinajstić information content (AvgIpc) is 2.43. The van der Waals surface area contributed by atoms with Crippen molar-refractivity contribution in [1.29, 1.82) is 0 Å². The maximum atomic E-state index is 11.8. The normalized spacial score (nSPS) is 18.1. The van der Waals surface area contributed by atoms with Crippen LogP contribution in [0.1, 0.15) is 33.1 Å². The van der Waals surface area contributed by atoms with Crippen LogP contribution < -0.4 is 5.32 Å². The third-order valence-electron chi connectivity index (χ3n) is 3.86.